The van der Waals surface area contributed by atoms with E-state index < -0.39 is 23.8 Å². The number of ether oxygens (including phenoxy) is 4. The molecule has 0 aliphatic heterocycles. The molecule has 0 unspecified atom stereocenters. The first-order chi connectivity index (χ1) is 13.6. The highest BCUT2D eigenvalue weighted by Gasteiger charge is 2.60. The normalized spacial score (nSPS) is 23.3. The first kappa shape index (κ1) is 19.7. The summed E-state index contributed by atoms with van der Waals surface area (Å²) in [5.41, 5.74) is 1.69. The van der Waals surface area contributed by atoms with Gasteiger partial charge in [-0.15, -0.1) is 0 Å². The molecular weight excluding hydrogens is 360 g/mol. The molecule has 2 aromatic carbocycles. The largest absolute Gasteiger partial charge is 0.496 e. The zero-order chi connectivity index (χ0) is 20.3. The van der Waals surface area contributed by atoms with Gasteiger partial charge in [0.25, 0.3) is 0 Å². The minimum atomic E-state index is -0.677. The Hall–Kier alpha value is -3.02. The van der Waals surface area contributed by atoms with Crippen LogP contribution in [-0.4, -0.2) is 40.4 Å². The van der Waals surface area contributed by atoms with Gasteiger partial charge in [-0.25, -0.2) is 0 Å². The summed E-state index contributed by atoms with van der Waals surface area (Å²) in [6.07, 6.45) is 0. The lowest BCUT2D eigenvalue weighted by Gasteiger charge is -2.49. The number of hydrogen-bond acceptors (Lipinski definition) is 6. The van der Waals surface area contributed by atoms with Crippen molar-refractivity contribution in [1.29, 1.82) is 0 Å². The van der Waals surface area contributed by atoms with Crippen molar-refractivity contribution in [3.05, 3.63) is 59.7 Å². The van der Waals surface area contributed by atoms with Gasteiger partial charge in [0.05, 0.1) is 40.3 Å². The van der Waals surface area contributed by atoms with Crippen LogP contribution in [0.15, 0.2) is 48.5 Å². The molecule has 6 nitrogen and oxygen atoms in total. The van der Waals surface area contributed by atoms with E-state index in [4.69, 9.17) is 18.9 Å². The number of carbonyl (C=O) groups excluding carboxylic acids is 2. The fourth-order valence-corrected chi connectivity index (χ4v) is 4.26. The average molecular weight is 384 g/mol. The fourth-order valence-electron chi connectivity index (χ4n) is 4.26. The van der Waals surface area contributed by atoms with Gasteiger partial charge in [-0.3, -0.25) is 9.59 Å². The molecule has 0 spiro atoms. The van der Waals surface area contributed by atoms with Crippen molar-refractivity contribution in [3.8, 4) is 11.5 Å². The highest BCUT2D eigenvalue weighted by Crippen LogP contribution is 2.61. The quantitative estimate of drug-likeness (QED) is 0.713. The van der Waals surface area contributed by atoms with Gasteiger partial charge in [0, 0.05) is 11.8 Å². The van der Waals surface area contributed by atoms with Crippen LogP contribution in [-0.2, 0) is 19.1 Å². The van der Waals surface area contributed by atoms with Gasteiger partial charge in [0.15, 0.2) is 0 Å². The molecule has 0 radical (unpaired) electrons. The Morgan fingerprint density at radius 3 is 1.32 bits per heavy atom. The van der Waals surface area contributed by atoms with Crippen LogP contribution in [0.5, 0.6) is 11.5 Å². The molecule has 0 saturated heterocycles. The van der Waals surface area contributed by atoms with Gasteiger partial charge in [0.1, 0.15) is 11.5 Å². The lowest BCUT2D eigenvalue weighted by molar-refractivity contribution is -0.168. The Kier molecular flexibility index (Phi) is 5.87. The maximum Gasteiger partial charge on any atom is 0.310 e. The molecule has 6 heteroatoms. The van der Waals surface area contributed by atoms with Crippen molar-refractivity contribution >= 4 is 11.9 Å². The van der Waals surface area contributed by atoms with E-state index in [-0.39, 0.29) is 11.8 Å². The van der Waals surface area contributed by atoms with Crippen LogP contribution in [0.2, 0.25) is 0 Å². The maximum atomic E-state index is 12.6. The summed E-state index contributed by atoms with van der Waals surface area (Å²) >= 11 is 0. The third-order valence-electron chi connectivity index (χ3n) is 5.49. The second kappa shape index (κ2) is 8.33. The molecule has 0 bridgehead atoms. The van der Waals surface area contributed by atoms with E-state index in [1.165, 1.54) is 14.2 Å². The van der Waals surface area contributed by atoms with Crippen molar-refractivity contribution in [2.45, 2.75) is 11.8 Å². The molecule has 0 heterocycles. The Morgan fingerprint density at radius 1 is 0.643 bits per heavy atom. The van der Waals surface area contributed by atoms with Crippen LogP contribution in [0.3, 0.4) is 0 Å². The molecule has 0 N–H and O–H groups in total. The summed E-state index contributed by atoms with van der Waals surface area (Å²) in [4.78, 5) is 25.3. The van der Waals surface area contributed by atoms with Crippen LogP contribution in [0, 0.1) is 11.8 Å². The van der Waals surface area contributed by atoms with Crippen molar-refractivity contribution in [3.63, 3.8) is 0 Å². The Bertz CT molecular complexity index is 790. The third-order valence-corrected chi connectivity index (χ3v) is 5.49. The predicted octanol–water partition coefficient (Wildman–Crippen LogP) is 3.16. The van der Waals surface area contributed by atoms with Gasteiger partial charge >= 0.3 is 11.9 Å². The first-order valence-electron chi connectivity index (χ1n) is 9.00. The van der Waals surface area contributed by atoms with Crippen molar-refractivity contribution in [2.75, 3.05) is 28.4 Å². The summed E-state index contributed by atoms with van der Waals surface area (Å²) in [6, 6.07) is 15.0. The molecule has 1 aliphatic carbocycles. The number of carbonyl (C=O) groups is 2. The topological polar surface area (TPSA) is 71.1 Å². The summed E-state index contributed by atoms with van der Waals surface area (Å²) < 4.78 is 21.1. The molecule has 0 amide bonds. The van der Waals surface area contributed by atoms with Crippen LogP contribution in [0.1, 0.15) is 23.0 Å². The molecule has 1 saturated carbocycles. The third kappa shape index (κ3) is 3.19. The molecule has 2 aromatic rings. The smallest absolute Gasteiger partial charge is 0.310 e. The minimum Gasteiger partial charge on any atom is -0.496 e. The van der Waals surface area contributed by atoms with Crippen LogP contribution in [0.4, 0.5) is 0 Å². The molecular formula is C22H24O6. The maximum absolute atomic E-state index is 12.6. The van der Waals surface area contributed by atoms with E-state index in [0.717, 1.165) is 11.1 Å². The number of methoxy groups -OCH3 is 4. The lowest BCUT2D eigenvalue weighted by atomic mass is 9.52. The van der Waals surface area contributed by atoms with E-state index in [1.54, 1.807) is 14.2 Å². The second-order valence-corrected chi connectivity index (χ2v) is 6.63. The first-order valence-corrected chi connectivity index (χ1v) is 9.00. The fraction of sp³-hybridized carbons (Fsp3) is 0.364. The SMILES string of the molecule is COC(=O)[C@@H]1[C@H](C(=O)OC)[C@@H](c2ccccc2OC)[C@H]1c1ccccc1OC. The second-order valence-electron chi connectivity index (χ2n) is 6.63. The lowest BCUT2D eigenvalue weighted by Crippen LogP contribution is -2.52. The summed E-state index contributed by atoms with van der Waals surface area (Å²) in [5, 5.41) is 0. The minimum absolute atomic E-state index is 0.316. The molecule has 4 atom stereocenters. The highest BCUT2D eigenvalue weighted by atomic mass is 16.5. The monoisotopic (exact) mass is 384 g/mol. The van der Waals surface area contributed by atoms with Gasteiger partial charge < -0.3 is 18.9 Å². The van der Waals surface area contributed by atoms with Crippen molar-refractivity contribution < 1.29 is 28.5 Å². The van der Waals surface area contributed by atoms with E-state index in [1.807, 2.05) is 48.5 Å². The molecule has 3 rings (SSSR count). The average Bonchev–Trinajstić information content (AvgIpc) is 2.73. The van der Waals surface area contributed by atoms with E-state index in [9.17, 15) is 9.59 Å². The summed E-state index contributed by atoms with van der Waals surface area (Å²) in [6.45, 7) is 0. The van der Waals surface area contributed by atoms with Gasteiger partial charge in [0.2, 0.25) is 0 Å². The predicted molar refractivity (Wildman–Crippen MR) is 102 cm³/mol. The van der Waals surface area contributed by atoms with Crippen LogP contribution < -0.4 is 9.47 Å². The van der Waals surface area contributed by atoms with E-state index >= 15 is 0 Å². The Morgan fingerprint density at radius 2 is 1.00 bits per heavy atom. The Labute approximate surface area is 164 Å². The standard InChI is InChI=1S/C22H24O6/c1-25-15-11-7-5-9-13(15)17-18(14-10-6-8-12-16(14)26-2)20(22(24)28-4)19(17)21(23)27-3/h5-12,17-20H,1-4H3/t17-,18+,19+,20-. The molecule has 28 heavy (non-hydrogen) atoms. The highest BCUT2D eigenvalue weighted by molar-refractivity contribution is 5.87. The van der Waals surface area contributed by atoms with Gasteiger partial charge in [-0.05, 0) is 23.3 Å². The van der Waals surface area contributed by atoms with Crippen molar-refractivity contribution in [1.82, 2.24) is 0 Å². The zero-order valence-corrected chi connectivity index (χ0v) is 16.4. The van der Waals surface area contributed by atoms with Gasteiger partial charge in [-0.1, -0.05) is 36.4 Å². The summed E-state index contributed by atoms with van der Waals surface area (Å²) in [5.74, 6) is -1.57. The number of hydrogen-bond donors (Lipinski definition) is 0. The van der Waals surface area contributed by atoms with E-state index in [2.05, 4.69) is 0 Å². The molecule has 1 fully saturated rings. The van der Waals surface area contributed by atoms with Gasteiger partial charge in [-0.2, -0.15) is 0 Å². The number of rotatable bonds is 6. The summed E-state index contributed by atoms with van der Waals surface area (Å²) in [7, 11) is 5.82. The van der Waals surface area contributed by atoms with E-state index in [0.29, 0.717) is 11.5 Å². The number of benzene rings is 2. The zero-order valence-electron chi connectivity index (χ0n) is 16.4. The molecule has 0 aromatic heterocycles. The van der Waals surface area contributed by atoms with Crippen LogP contribution >= 0.6 is 0 Å². The number of esters is 2. The van der Waals surface area contributed by atoms with Crippen molar-refractivity contribution in [2.24, 2.45) is 11.8 Å². The Balaban J connectivity index is 2.18. The molecule has 1 aliphatic rings. The number of para-hydroxylation sites is 2. The molecule has 148 valence electrons. The van der Waals surface area contributed by atoms with Crippen LogP contribution in [0.25, 0.3) is 0 Å².